The molecule has 0 aliphatic rings. The fraction of sp³-hybridized carbons (Fsp3) is 0.0667. The van der Waals surface area contributed by atoms with Gasteiger partial charge in [-0.2, -0.15) is 5.26 Å². The van der Waals surface area contributed by atoms with Crippen molar-refractivity contribution in [2.45, 2.75) is 6.54 Å². The Morgan fingerprint density at radius 1 is 1.30 bits per heavy atom. The second kappa shape index (κ2) is 6.18. The highest BCUT2D eigenvalue weighted by Gasteiger charge is 2.08. The fourth-order valence-corrected chi connectivity index (χ4v) is 1.86. The van der Waals surface area contributed by atoms with Crippen LogP contribution in [0.25, 0.3) is 0 Å². The first-order valence-electron chi connectivity index (χ1n) is 5.82. The van der Waals surface area contributed by atoms with Crippen LogP contribution in [0, 0.1) is 17.1 Å². The van der Waals surface area contributed by atoms with Crippen LogP contribution < -0.4 is 5.32 Å². The van der Waals surface area contributed by atoms with Crippen molar-refractivity contribution < 1.29 is 9.18 Å². The Labute approximate surface area is 120 Å². The summed E-state index contributed by atoms with van der Waals surface area (Å²) < 4.78 is 13.6. The molecule has 0 spiro atoms. The Morgan fingerprint density at radius 3 is 2.75 bits per heavy atom. The molecule has 100 valence electrons. The van der Waals surface area contributed by atoms with Gasteiger partial charge in [-0.25, -0.2) is 4.39 Å². The molecule has 0 bridgehead atoms. The molecule has 0 aliphatic carbocycles. The van der Waals surface area contributed by atoms with Crippen molar-refractivity contribution >= 4 is 17.5 Å². The number of amides is 1. The molecule has 20 heavy (non-hydrogen) atoms. The van der Waals surface area contributed by atoms with Crippen molar-refractivity contribution in [1.82, 2.24) is 5.32 Å². The lowest BCUT2D eigenvalue weighted by atomic mass is 10.1. The lowest BCUT2D eigenvalue weighted by Crippen LogP contribution is -2.23. The van der Waals surface area contributed by atoms with Gasteiger partial charge in [-0.3, -0.25) is 4.79 Å². The van der Waals surface area contributed by atoms with E-state index in [0.717, 1.165) is 6.07 Å². The van der Waals surface area contributed by atoms with Crippen LogP contribution >= 0.6 is 11.6 Å². The van der Waals surface area contributed by atoms with Crippen LogP contribution in [0.2, 0.25) is 5.02 Å². The first kappa shape index (κ1) is 14.0. The molecule has 2 aromatic rings. The number of rotatable bonds is 3. The molecular weight excluding hydrogens is 279 g/mol. The Bertz CT molecular complexity index is 695. The Balaban J connectivity index is 2.06. The average molecular weight is 289 g/mol. The van der Waals surface area contributed by atoms with E-state index in [1.165, 1.54) is 18.2 Å². The SMILES string of the molecule is N#Cc1ccc(CNC(=O)c2cccc(Cl)c2)c(F)c1. The number of benzene rings is 2. The zero-order valence-electron chi connectivity index (χ0n) is 10.4. The summed E-state index contributed by atoms with van der Waals surface area (Å²) >= 11 is 5.79. The van der Waals surface area contributed by atoms with Gasteiger partial charge < -0.3 is 5.32 Å². The largest absolute Gasteiger partial charge is 0.348 e. The summed E-state index contributed by atoms with van der Waals surface area (Å²) in [5, 5.41) is 11.7. The molecule has 0 radical (unpaired) electrons. The summed E-state index contributed by atoms with van der Waals surface area (Å²) in [6.45, 7) is 0.0445. The highest BCUT2D eigenvalue weighted by Crippen LogP contribution is 2.12. The number of halogens is 2. The molecule has 1 N–H and O–H groups in total. The molecule has 0 atom stereocenters. The van der Waals surface area contributed by atoms with Crippen LogP contribution in [0.3, 0.4) is 0 Å². The number of nitrogens with zero attached hydrogens (tertiary/aromatic N) is 1. The van der Waals surface area contributed by atoms with Crippen LogP contribution in [0.1, 0.15) is 21.5 Å². The molecule has 0 fully saturated rings. The molecule has 5 heteroatoms. The molecule has 0 aromatic heterocycles. The van der Waals surface area contributed by atoms with Crippen LogP contribution in [0.15, 0.2) is 42.5 Å². The minimum absolute atomic E-state index is 0.0445. The van der Waals surface area contributed by atoms with Crippen molar-refractivity contribution in [1.29, 1.82) is 5.26 Å². The minimum atomic E-state index is -0.518. The van der Waals surface area contributed by atoms with E-state index in [4.69, 9.17) is 16.9 Å². The maximum Gasteiger partial charge on any atom is 0.251 e. The fourth-order valence-electron chi connectivity index (χ4n) is 1.67. The first-order valence-corrected chi connectivity index (χ1v) is 6.20. The molecule has 0 heterocycles. The maximum absolute atomic E-state index is 13.6. The standard InChI is InChI=1S/C15H10ClFN2O/c16-13-3-1-2-11(7-13)15(20)19-9-12-5-4-10(8-18)6-14(12)17/h1-7H,9H2,(H,19,20). The predicted octanol–water partition coefficient (Wildman–Crippen LogP) is 3.28. The number of nitriles is 1. The van der Waals surface area contributed by atoms with Gasteiger partial charge in [0.15, 0.2) is 0 Å². The molecule has 2 aromatic carbocycles. The number of nitrogens with one attached hydrogen (secondary N) is 1. The maximum atomic E-state index is 13.6. The van der Waals surface area contributed by atoms with E-state index in [0.29, 0.717) is 16.1 Å². The van der Waals surface area contributed by atoms with E-state index in [1.54, 1.807) is 18.2 Å². The van der Waals surface area contributed by atoms with Gasteiger partial charge in [0.25, 0.3) is 5.91 Å². The summed E-state index contributed by atoms with van der Waals surface area (Å²) in [5.41, 5.74) is 0.971. The van der Waals surface area contributed by atoms with E-state index in [-0.39, 0.29) is 18.0 Å². The van der Waals surface area contributed by atoms with Gasteiger partial charge in [0.05, 0.1) is 11.6 Å². The predicted molar refractivity (Wildman–Crippen MR) is 73.7 cm³/mol. The van der Waals surface area contributed by atoms with E-state index in [1.807, 2.05) is 6.07 Å². The summed E-state index contributed by atoms with van der Waals surface area (Å²) in [4.78, 5) is 11.9. The number of hydrogen-bond acceptors (Lipinski definition) is 2. The van der Waals surface area contributed by atoms with E-state index in [2.05, 4.69) is 5.32 Å². The monoisotopic (exact) mass is 288 g/mol. The van der Waals surface area contributed by atoms with Crippen molar-refractivity contribution in [3.63, 3.8) is 0 Å². The Morgan fingerprint density at radius 2 is 2.10 bits per heavy atom. The number of hydrogen-bond donors (Lipinski definition) is 1. The zero-order valence-corrected chi connectivity index (χ0v) is 11.1. The van der Waals surface area contributed by atoms with Crippen molar-refractivity contribution in [3.8, 4) is 6.07 Å². The third-order valence-corrected chi connectivity index (χ3v) is 2.94. The van der Waals surface area contributed by atoms with Gasteiger partial charge in [0.2, 0.25) is 0 Å². The van der Waals surface area contributed by atoms with E-state index >= 15 is 0 Å². The quantitative estimate of drug-likeness (QED) is 0.942. The molecule has 0 saturated heterocycles. The molecule has 0 unspecified atom stereocenters. The summed E-state index contributed by atoms with van der Waals surface area (Å²) in [6.07, 6.45) is 0. The van der Waals surface area contributed by atoms with Crippen LogP contribution in [0.4, 0.5) is 4.39 Å². The van der Waals surface area contributed by atoms with Crippen LogP contribution in [-0.4, -0.2) is 5.91 Å². The first-order chi connectivity index (χ1) is 9.60. The normalized spacial score (nSPS) is 9.85. The Kier molecular flexibility index (Phi) is 4.34. The lowest BCUT2D eigenvalue weighted by molar-refractivity contribution is 0.0950. The van der Waals surface area contributed by atoms with Gasteiger partial charge in [0.1, 0.15) is 5.82 Å². The molecule has 3 nitrogen and oxygen atoms in total. The highest BCUT2D eigenvalue weighted by molar-refractivity contribution is 6.30. The topological polar surface area (TPSA) is 52.9 Å². The second-order valence-electron chi connectivity index (χ2n) is 4.11. The van der Waals surface area contributed by atoms with Gasteiger partial charge in [-0.1, -0.05) is 23.7 Å². The second-order valence-corrected chi connectivity index (χ2v) is 4.55. The van der Waals surface area contributed by atoms with E-state index in [9.17, 15) is 9.18 Å². The van der Waals surface area contributed by atoms with Gasteiger partial charge >= 0.3 is 0 Å². The molecular formula is C15H10ClFN2O. The number of carbonyl (C=O) groups excluding carboxylic acids is 1. The molecule has 1 amide bonds. The highest BCUT2D eigenvalue weighted by atomic mass is 35.5. The summed E-state index contributed by atoms with van der Waals surface area (Å²) in [6, 6.07) is 12.5. The van der Waals surface area contributed by atoms with Gasteiger partial charge in [0, 0.05) is 22.7 Å². The molecule has 2 rings (SSSR count). The smallest absolute Gasteiger partial charge is 0.251 e. The summed E-state index contributed by atoms with van der Waals surface area (Å²) in [7, 11) is 0. The zero-order chi connectivity index (χ0) is 14.5. The molecule has 0 aliphatic heterocycles. The third kappa shape index (κ3) is 3.34. The average Bonchev–Trinajstić information content (AvgIpc) is 2.45. The molecule has 0 saturated carbocycles. The third-order valence-electron chi connectivity index (χ3n) is 2.71. The van der Waals surface area contributed by atoms with Crippen LogP contribution in [0.5, 0.6) is 0 Å². The minimum Gasteiger partial charge on any atom is -0.348 e. The van der Waals surface area contributed by atoms with Crippen molar-refractivity contribution in [2.75, 3.05) is 0 Å². The van der Waals surface area contributed by atoms with Crippen LogP contribution in [-0.2, 0) is 6.54 Å². The van der Waals surface area contributed by atoms with Crippen molar-refractivity contribution in [3.05, 3.63) is 70.0 Å². The van der Waals surface area contributed by atoms with Gasteiger partial charge in [-0.05, 0) is 30.3 Å². The van der Waals surface area contributed by atoms with Gasteiger partial charge in [-0.15, -0.1) is 0 Å². The number of carbonyl (C=O) groups is 1. The summed E-state index contributed by atoms with van der Waals surface area (Å²) in [5.74, 6) is -0.855. The Hall–Kier alpha value is -2.38. The van der Waals surface area contributed by atoms with E-state index < -0.39 is 5.82 Å². The lowest BCUT2D eigenvalue weighted by Gasteiger charge is -2.07. The van der Waals surface area contributed by atoms with Crippen molar-refractivity contribution in [2.24, 2.45) is 0 Å².